The molecule has 21 heavy (non-hydrogen) atoms. The van der Waals surface area contributed by atoms with Crippen LogP contribution in [0.4, 0.5) is 4.79 Å². The highest BCUT2D eigenvalue weighted by Crippen LogP contribution is 2.35. The van der Waals surface area contributed by atoms with Crippen LogP contribution in [0.15, 0.2) is 0 Å². The number of likely N-dealkylation sites (tertiary alicyclic amines) is 2. The molecule has 0 aromatic heterocycles. The molecule has 0 aromatic rings. The summed E-state index contributed by atoms with van der Waals surface area (Å²) in [6.45, 7) is 6.33. The second-order valence-electron chi connectivity index (χ2n) is 7.05. The van der Waals surface area contributed by atoms with Crippen molar-refractivity contribution in [3.63, 3.8) is 0 Å². The fraction of sp³-hybridized carbons (Fsp3) is 0.867. The number of carbonyl (C=O) groups excluding carboxylic acids is 1. The van der Waals surface area contributed by atoms with Crippen molar-refractivity contribution in [2.24, 2.45) is 5.41 Å². The van der Waals surface area contributed by atoms with Crippen LogP contribution in [-0.2, 0) is 4.79 Å². The van der Waals surface area contributed by atoms with Crippen LogP contribution in [-0.4, -0.2) is 65.7 Å². The van der Waals surface area contributed by atoms with Gasteiger partial charge in [0.1, 0.15) is 6.04 Å². The van der Waals surface area contributed by atoms with Crippen LogP contribution < -0.4 is 5.32 Å². The van der Waals surface area contributed by atoms with Gasteiger partial charge in [-0.3, -0.25) is 0 Å². The summed E-state index contributed by atoms with van der Waals surface area (Å²) >= 11 is 0. The Hall–Kier alpha value is -1.30. The van der Waals surface area contributed by atoms with Gasteiger partial charge in [-0.05, 0) is 51.2 Å². The van der Waals surface area contributed by atoms with Crippen molar-refractivity contribution in [3.8, 4) is 0 Å². The highest BCUT2D eigenvalue weighted by atomic mass is 16.4. The quantitative estimate of drug-likeness (QED) is 0.807. The summed E-state index contributed by atoms with van der Waals surface area (Å²) in [5.41, 5.74) is -0.381. The number of amides is 2. The van der Waals surface area contributed by atoms with E-state index in [1.165, 1.54) is 4.90 Å². The van der Waals surface area contributed by atoms with Gasteiger partial charge in [0.15, 0.2) is 0 Å². The Morgan fingerprint density at radius 3 is 2.38 bits per heavy atom. The lowest BCUT2D eigenvalue weighted by Crippen LogP contribution is -2.60. The number of carbonyl (C=O) groups is 2. The molecular formula is C15H27N3O3. The highest BCUT2D eigenvalue weighted by Gasteiger charge is 2.44. The zero-order valence-electron chi connectivity index (χ0n) is 13.3. The number of carboxylic acid groups (broad SMARTS) is 1. The summed E-state index contributed by atoms with van der Waals surface area (Å²) in [4.78, 5) is 27.8. The largest absolute Gasteiger partial charge is 0.480 e. The van der Waals surface area contributed by atoms with Gasteiger partial charge in [-0.25, -0.2) is 9.59 Å². The molecule has 2 amide bonds. The number of carboxylic acids is 1. The predicted molar refractivity (Wildman–Crippen MR) is 80.2 cm³/mol. The molecule has 2 aliphatic heterocycles. The van der Waals surface area contributed by atoms with E-state index in [0.717, 1.165) is 38.8 Å². The van der Waals surface area contributed by atoms with Gasteiger partial charge in [0.05, 0.1) is 0 Å². The number of urea groups is 1. The van der Waals surface area contributed by atoms with Gasteiger partial charge < -0.3 is 20.2 Å². The fourth-order valence-corrected chi connectivity index (χ4v) is 3.49. The van der Waals surface area contributed by atoms with Gasteiger partial charge >= 0.3 is 12.0 Å². The van der Waals surface area contributed by atoms with E-state index in [2.05, 4.69) is 17.3 Å². The maximum absolute atomic E-state index is 12.5. The summed E-state index contributed by atoms with van der Waals surface area (Å²) in [7, 11) is 2.08. The smallest absolute Gasteiger partial charge is 0.327 e. The third kappa shape index (κ3) is 3.67. The first-order valence-corrected chi connectivity index (χ1v) is 7.80. The summed E-state index contributed by atoms with van der Waals surface area (Å²) in [5, 5.41) is 12.5. The maximum Gasteiger partial charge on any atom is 0.327 e. The molecule has 2 N–H and O–H groups in total. The first-order valence-electron chi connectivity index (χ1n) is 7.80. The van der Waals surface area contributed by atoms with E-state index in [4.69, 9.17) is 0 Å². The van der Waals surface area contributed by atoms with Crippen molar-refractivity contribution < 1.29 is 14.7 Å². The molecule has 120 valence electrons. The van der Waals surface area contributed by atoms with Crippen molar-refractivity contribution in [3.05, 3.63) is 0 Å². The number of nitrogens with zero attached hydrogens (tertiary/aromatic N) is 2. The van der Waals surface area contributed by atoms with E-state index in [0.29, 0.717) is 6.54 Å². The lowest BCUT2D eigenvalue weighted by Gasteiger charge is -2.44. The number of piperidine rings is 2. The molecule has 0 spiro atoms. The van der Waals surface area contributed by atoms with Crippen LogP contribution >= 0.6 is 0 Å². The van der Waals surface area contributed by atoms with E-state index in [-0.39, 0.29) is 17.5 Å². The summed E-state index contributed by atoms with van der Waals surface area (Å²) < 4.78 is 0. The Labute approximate surface area is 126 Å². The topological polar surface area (TPSA) is 72.9 Å². The van der Waals surface area contributed by atoms with Gasteiger partial charge in [0, 0.05) is 12.6 Å². The molecule has 6 nitrogen and oxygen atoms in total. The van der Waals surface area contributed by atoms with Crippen LogP contribution in [0.2, 0.25) is 0 Å². The minimum Gasteiger partial charge on any atom is -0.480 e. The van der Waals surface area contributed by atoms with Gasteiger partial charge in [-0.2, -0.15) is 0 Å². The van der Waals surface area contributed by atoms with Crippen molar-refractivity contribution in [2.45, 2.75) is 51.6 Å². The van der Waals surface area contributed by atoms with Gasteiger partial charge in [-0.1, -0.05) is 13.8 Å². The normalized spacial score (nSPS) is 27.4. The molecule has 0 aliphatic carbocycles. The molecule has 2 fully saturated rings. The zero-order chi connectivity index (χ0) is 15.6. The molecule has 2 saturated heterocycles. The first-order chi connectivity index (χ1) is 9.81. The molecule has 0 radical (unpaired) electrons. The van der Waals surface area contributed by atoms with E-state index in [1.54, 1.807) is 0 Å². The van der Waals surface area contributed by atoms with Gasteiger partial charge in [0.2, 0.25) is 0 Å². The summed E-state index contributed by atoms with van der Waals surface area (Å²) in [6, 6.07) is -0.796. The van der Waals surface area contributed by atoms with Crippen LogP contribution in [0, 0.1) is 5.41 Å². The monoisotopic (exact) mass is 297 g/mol. The Morgan fingerprint density at radius 2 is 1.81 bits per heavy atom. The molecule has 2 rings (SSSR count). The third-order valence-corrected chi connectivity index (χ3v) is 4.81. The van der Waals surface area contributed by atoms with E-state index in [9.17, 15) is 14.7 Å². The number of rotatable bonds is 2. The van der Waals surface area contributed by atoms with Crippen LogP contribution in [0.1, 0.15) is 39.5 Å². The number of hydrogen-bond acceptors (Lipinski definition) is 3. The lowest BCUT2D eigenvalue weighted by atomic mass is 9.76. The molecule has 6 heteroatoms. The Morgan fingerprint density at radius 1 is 1.19 bits per heavy atom. The molecule has 0 aromatic carbocycles. The second kappa shape index (κ2) is 6.22. The molecule has 1 unspecified atom stereocenters. The van der Waals surface area contributed by atoms with Crippen molar-refractivity contribution >= 4 is 12.0 Å². The standard InChI is InChI=1S/C15H27N3O3/c1-15(2)7-4-8-18(12(15)13(19)20)14(21)16-11-5-9-17(3)10-6-11/h11-12H,4-10H2,1-3H3,(H,16,21)(H,19,20). The van der Waals surface area contributed by atoms with Crippen LogP contribution in [0.5, 0.6) is 0 Å². The Balaban J connectivity index is 2.01. The van der Waals surface area contributed by atoms with Crippen molar-refractivity contribution in [1.82, 2.24) is 15.1 Å². The predicted octanol–water partition coefficient (Wildman–Crippen LogP) is 1.37. The van der Waals surface area contributed by atoms with Gasteiger partial charge in [-0.15, -0.1) is 0 Å². The number of nitrogens with one attached hydrogen (secondary N) is 1. The third-order valence-electron chi connectivity index (χ3n) is 4.81. The molecule has 0 bridgehead atoms. The molecule has 1 atom stereocenters. The average molecular weight is 297 g/mol. The fourth-order valence-electron chi connectivity index (χ4n) is 3.49. The maximum atomic E-state index is 12.5. The number of aliphatic carboxylic acids is 1. The van der Waals surface area contributed by atoms with Crippen LogP contribution in [0.25, 0.3) is 0 Å². The minimum atomic E-state index is -0.904. The second-order valence-corrected chi connectivity index (χ2v) is 7.05. The van der Waals surface area contributed by atoms with E-state index >= 15 is 0 Å². The van der Waals surface area contributed by atoms with E-state index in [1.807, 2.05) is 13.8 Å². The SMILES string of the molecule is CN1CCC(NC(=O)N2CCCC(C)(C)C2C(=O)O)CC1. The average Bonchev–Trinajstić information content (AvgIpc) is 2.39. The zero-order valence-corrected chi connectivity index (χ0v) is 13.3. The molecule has 2 heterocycles. The highest BCUT2D eigenvalue weighted by molar-refractivity contribution is 5.83. The minimum absolute atomic E-state index is 0.160. The number of hydrogen-bond donors (Lipinski definition) is 2. The van der Waals surface area contributed by atoms with E-state index < -0.39 is 12.0 Å². The molecule has 0 saturated carbocycles. The van der Waals surface area contributed by atoms with Gasteiger partial charge in [0.25, 0.3) is 0 Å². The Kier molecular flexibility index (Phi) is 4.76. The summed E-state index contributed by atoms with van der Waals surface area (Å²) in [5.74, 6) is -0.904. The molecule has 2 aliphatic rings. The lowest BCUT2D eigenvalue weighted by molar-refractivity contribution is -0.148. The molecular weight excluding hydrogens is 270 g/mol. The first kappa shape index (κ1) is 16.1. The van der Waals surface area contributed by atoms with Crippen molar-refractivity contribution in [1.29, 1.82) is 0 Å². The Bertz CT molecular complexity index is 403. The van der Waals surface area contributed by atoms with Crippen molar-refractivity contribution in [2.75, 3.05) is 26.7 Å². The summed E-state index contributed by atoms with van der Waals surface area (Å²) in [6.07, 6.45) is 3.55. The van der Waals surface area contributed by atoms with Crippen LogP contribution in [0.3, 0.4) is 0 Å².